The van der Waals surface area contributed by atoms with Gasteiger partial charge in [-0.15, -0.1) is 10.2 Å². The monoisotopic (exact) mass is 425 g/mol. The third-order valence-electron chi connectivity index (χ3n) is 4.32. The van der Waals surface area contributed by atoms with Crippen LogP contribution in [0.4, 0.5) is 5.69 Å². The number of carbonyl (C=O) groups excluding carboxylic acids is 2. The highest BCUT2D eigenvalue weighted by molar-refractivity contribution is 7.99. The second kappa shape index (κ2) is 9.93. The van der Waals surface area contributed by atoms with E-state index in [-0.39, 0.29) is 24.1 Å². The van der Waals surface area contributed by atoms with Gasteiger partial charge in [0.25, 0.3) is 5.91 Å². The predicted octanol–water partition coefficient (Wildman–Crippen LogP) is 2.79. The fourth-order valence-corrected chi connectivity index (χ4v) is 3.41. The molecule has 0 fully saturated rings. The molecule has 0 aliphatic rings. The van der Waals surface area contributed by atoms with Crippen molar-refractivity contribution in [2.45, 2.75) is 18.6 Å². The smallest absolute Gasteiger partial charge is 0.251 e. The number of aromatic nitrogens is 3. The van der Waals surface area contributed by atoms with Crippen LogP contribution in [0.2, 0.25) is 0 Å². The highest BCUT2D eigenvalue weighted by Crippen LogP contribution is 2.17. The maximum atomic E-state index is 12.3. The Morgan fingerprint density at radius 1 is 1.13 bits per heavy atom. The van der Waals surface area contributed by atoms with Crippen LogP contribution in [-0.2, 0) is 18.4 Å². The van der Waals surface area contributed by atoms with Crippen molar-refractivity contribution in [3.8, 4) is 5.75 Å². The molecule has 0 saturated heterocycles. The maximum absolute atomic E-state index is 12.3. The number of nitrogens with zero attached hydrogens (tertiary/aromatic N) is 3. The molecule has 0 aliphatic heterocycles. The number of ether oxygens (including phenoxy) is 1. The summed E-state index contributed by atoms with van der Waals surface area (Å²) in [5.74, 6) is 1.15. The van der Waals surface area contributed by atoms with E-state index in [2.05, 4.69) is 20.8 Å². The Hall–Kier alpha value is -3.33. The molecule has 0 spiro atoms. The molecule has 3 rings (SSSR count). The van der Waals surface area contributed by atoms with E-state index in [0.717, 1.165) is 11.3 Å². The second-order valence-corrected chi connectivity index (χ2v) is 7.52. The first-order chi connectivity index (χ1) is 14.5. The first-order valence-electron chi connectivity index (χ1n) is 9.26. The number of methoxy groups -OCH3 is 1. The van der Waals surface area contributed by atoms with Crippen molar-refractivity contribution in [3.05, 3.63) is 65.5 Å². The zero-order chi connectivity index (χ0) is 21.5. The number of hydrogen-bond donors (Lipinski definition) is 2. The summed E-state index contributed by atoms with van der Waals surface area (Å²) in [5.41, 5.74) is 2.37. The van der Waals surface area contributed by atoms with Crippen molar-refractivity contribution >= 4 is 29.3 Å². The van der Waals surface area contributed by atoms with Gasteiger partial charge in [0.2, 0.25) is 5.91 Å². The fraction of sp³-hybridized carbons (Fsp3) is 0.238. The van der Waals surface area contributed by atoms with Crippen molar-refractivity contribution in [2.75, 3.05) is 18.2 Å². The summed E-state index contributed by atoms with van der Waals surface area (Å²) in [6.45, 7) is 2.20. The molecule has 156 valence electrons. The van der Waals surface area contributed by atoms with Crippen LogP contribution in [0, 0.1) is 6.92 Å². The number of amides is 2. The fourth-order valence-electron chi connectivity index (χ4n) is 2.68. The van der Waals surface area contributed by atoms with E-state index in [9.17, 15) is 9.59 Å². The van der Waals surface area contributed by atoms with Crippen LogP contribution in [0.3, 0.4) is 0 Å². The molecule has 9 heteroatoms. The van der Waals surface area contributed by atoms with Gasteiger partial charge in [-0.1, -0.05) is 23.9 Å². The second-order valence-electron chi connectivity index (χ2n) is 6.58. The molecule has 3 aromatic rings. The lowest BCUT2D eigenvalue weighted by Crippen LogP contribution is -2.24. The molecule has 1 heterocycles. The minimum absolute atomic E-state index is 0.122. The standard InChI is InChI=1S/C21H23N5O3S/c1-14-5-4-6-16(11-14)23-19(27)13-30-21-25-24-18(26(21)2)12-22-20(28)15-7-9-17(29-3)10-8-15/h4-11H,12-13H2,1-3H3,(H,22,28)(H,23,27). The van der Waals surface area contributed by atoms with E-state index in [1.807, 2.05) is 31.2 Å². The number of thioether (sulfide) groups is 1. The molecule has 0 saturated carbocycles. The van der Waals surface area contributed by atoms with Gasteiger partial charge >= 0.3 is 0 Å². The lowest BCUT2D eigenvalue weighted by atomic mass is 10.2. The van der Waals surface area contributed by atoms with E-state index in [1.165, 1.54) is 11.8 Å². The quantitative estimate of drug-likeness (QED) is 0.539. The topological polar surface area (TPSA) is 98.1 Å². The molecule has 0 bridgehead atoms. The van der Waals surface area contributed by atoms with Crippen LogP contribution in [0.1, 0.15) is 21.7 Å². The summed E-state index contributed by atoms with van der Waals surface area (Å²) in [4.78, 5) is 24.5. The number of benzene rings is 2. The van der Waals surface area contributed by atoms with Crippen molar-refractivity contribution in [2.24, 2.45) is 7.05 Å². The Kier molecular flexibility index (Phi) is 7.08. The van der Waals surface area contributed by atoms with Crippen molar-refractivity contribution in [1.82, 2.24) is 20.1 Å². The van der Waals surface area contributed by atoms with Gasteiger partial charge in [-0.05, 0) is 48.9 Å². The maximum Gasteiger partial charge on any atom is 0.251 e. The van der Waals surface area contributed by atoms with Crippen molar-refractivity contribution in [3.63, 3.8) is 0 Å². The molecule has 0 aliphatic carbocycles. The molecule has 2 amide bonds. The third kappa shape index (κ3) is 5.60. The molecule has 2 aromatic carbocycles. The van der Waals surface area contributed by atoms with Gasteiger partial charge in [0.15, 0.2) is 11.0 Å². The summed E-state index contributed by atoms with van der Waals surface area (Å²) in [6.07, 6.45) is 0. The molecule has 30 heavy (non-hydrogen) atoms. The van der Waals surface area contributed by atoms with E-state index in [4.69, 9.17) is 4.74 Å². The first-order valence-corrected chi connectivity index (χ1v) is 10.2. The third-order valence-corrected chi connectivity index (χ3v) is 5.34. The molecule has 0 radical (unpaired) electrons. The van der Waals surface area contributed by atoms with Crippen molar-refractivity contribution < 1.29 is 14.3 Å². The summed E-state index contributed by atoms with van der Waals surface area (Å²) < 4.78 is 6.85. The average Bonchev–Trinajstić information content (AvgIpc) is 3.10. The van der Waals surface area contributed by atoms with E-state index in [1.54, 1.807) is 43.0 Å². The number of hydrogen-bond acceptors (Lipinski definition) is 6. The SMILES string of the molecule is COc1ccc(C(=O)NCc2nnc(SCC(=O)Nc3cccc(C)c3)n2C)cc1. The van der Waals surface area contributed by atoms with Gasteiger partial charge in [-0.2, -0.15) is 0 Å². The lowest BCUT2D eigenvalue weighted by molar-refractivity contribution is -0.113. The van der Waals surface area contributed by atoms with Crippen LogP contribution < -0.4 is 15.4 Å². The zero-order valence-corrected chi connectivity index (χ0v) is 17.8. The Balaban J connectivity index is 1.51. The van der Waals surface area contributed by atoms with Gasteiger partial charge in [0.05, 0.1) is 19.4 Å². The molecule has 8 nitrogen and oxygen atoms in total. The van der Waals surface area contributed by atoms with Gasteiger partial charge in [0, 0.05) is 18.3 Å². The van der Waals surface area contributed by atoms with Crippen LogP contribution in [0.25, 0.3) is 0 Å². The highest BCUT2D eigenvalue weighted by Gasteiger charge is 2.13. The molecular weight excluding hydrogens is 402 g/mol. The van der Waals surface area contributed by atoms with Crippen LogP contribution in [-0.4, -0.2) is 39.4 Å². The van der Waals surface area contributed by atoms with Gasteiger partial charge in [0.1, 0.15) is 5.75 Å². The number of anilines is 1. The minimum Gasteiger partial charge on any atom is -0.497 e. The number of aryl methyl sites for hydroxylation is 1. The van der Waals surface area contributed by atoms with E-state index in [0.29, 0.717) is 22.3 Å². The Bertz CT molecular complexity index is 1030. The Morgan fingerprint density at radius 2 is 1.90 bits per heavy atom. The molecule has 0 unspecified atom stereocenters. The van der Waals surface area contributed by atoms with Gasteiger partial charge in [-0.3, -0.25) is 9.59 Å². The summed E-state index contributed by atoms with van der Waals surface area (Å²) in [5, 5.41) is 14.5. The molecule has 1 aromatic heterocycles. The first kappa shape index (κ1) is 21.4. The van der Waals surface area contributed by atoms with Crippen LogP contribution in [0.5, 0.6) is 5.75 Å². The zero-order valence-electron chi connectivity index (χ0n) is 17.0. The predicted molar refractivity (Wildman–Crippen MR) is 116 cm³/mol. The minimum atomic E-state index is -0.215. The van der Waals surface area contributed by atoms with E-state index >= 15 is 0 Å². The number of carbonyl (C=O) groups is 2. The Morgan fingerprint density at radius 3 is 2.60 bits per heavy atom. The summed E-state index contributed by atoms with van der Waals surface area (Å²) >= 11 is 1.28. The molecular formula is C21H23N5O3S. The van der Waals surface area contributed by atoms with E-state index < -0.39 is 0 Å². The number of nitrogens with one attached hydrogen (secondary N) is 2. The van der Waals surface area contributed by atoms with Crippen molar-refractivity contribution in [1.29, 1.82) is 0 Å². The largest absolute Gasteiger partial charge is 0.497 e. The van der Waals surface area contributed by atoms with Gasteiger partial charge < -0.3 is 19.9 Å². The van der Waals surface area contributed by atoms with Gasteiger partial charge in [-0.25, -0.2) is 0 Å². The van der Waals surface area contributed by atoms with Crippen LogP contribution >= 0.6 is 11.8 Å². The Labute approximate surface area is 179 Å². The summed E-state index contributed by atoms with van der Waals surface area (Å²) in [7, 11) is 3.38. The number of rotatable bonds is 8. The highest BCUT2D eigenvalue weighted by atomic mass is 32.2. The summed E-state index contributed by atoms with van der Waals surface area (Å²) in [6, 6.07) is 14.5. The lowest BCUT2D eigenvalue weighted by Gasteiger charge is -2.07. The average molecular weight is 426 g/mol. The van der Waals surface area contributed by atoms with Crippen LogP contribution in [0.15, 0.2) is 53.7 Å². The molecule has 0 atom stereocenters. The normalized spacial score (nSPS) is 10.5. The molecule has 2 N–H and O–H groups in total.